The molecule has 32 heavy (non-hydrogen) atoms. The predicted octanol–water partition coefficient (Wildman–Crippen LogP) is 5.52. The zero-order valence-corrected chi connectivity index (χ0v) is 18.8. The summed E-state index contributed by atoms with van der Waals surface area (Å²) >= 11 is 0. The standard InChI is InChI=1S/C20H25N4O7P/c1-4-30-32(29,31-5-2)20(14-21-16-6-10-18(11-7-16)23(25)26)15(3)22-17-8-12-19(13-9-17)24(27)28/h6-15,21-22H,4-5H2,1-3H3/b20-14+. The minimum atomic E-state index is -3.69. The van der Waals surface area contributed by atoms with Gasteiger partial charge in [-0.05, 0) is 45.0 Å². The van der Waals surface area contributed by atoms with Crippen molar-refractivity contribution in [1.29, 1.82) is 0 Å². The van der Waals surface area contributed by atoms with Crippen LogP contribution in [0.25, 0.3) is 0 Å². The summed E-state index contributed by atoms with van der Waals surface area (Å²) in [5.74, 6) is 0. The van der Waals surface area contributed by atoms with Crippen molar-refractivity contribution in [3.8, 4) is 0 Å². The minimum absolute atomic E-state index is 0.0480. The second kappa shape index (κ2) is 11.4. The van der Waals surface area contributed by atoms with Gasteiger partial charge >= 0.3 is 7.60 Å². The number of anilines is 2. The Bertz CT molecular complexity index is 1000. The first-order valence-corrected chi connectivity index (χ1v) is 11.4. The Balaban J connectivity index is 2.33. The Hall–Kier alpha value is -3.27. The summed E-state index contributed by atoms with van der Waals surface area (Å²) in [6, 6.07) is 11.0. The smallest absolute Gasteiger partial charge is 0.360 e. The molecule has 0 spiro atoms. The molecule has 1 atom stereocenters. The van der Waals surface area contributed by atoms with Gasteiger partial charge in [0.2, 0.25) is 0 Å². The number of nitro benzene ring substituents is 2. The van der Waals surface area contributed by atoms with E-state index in [9.17, 15) is 24.8 Å². The topological polar surface area (TPSA) is 146 Å². The van der Waals surface area contributed by atoms with Crippen molar-refractivity contribution >= 4 is 30.3 Å². The summed E-state index contributed by atoms with van der Waals surface area (Å²) in [6.07, 6.45) is 1.48. The average molecular weight is 464 g/mol. The van der Waals surface area contributed by atoms with Crippen LogP contribution < -0.4 is 10.6 Å². The molecule has 0 saturated heterocycles. The summed E-state index contributed by atoms with van der Waals surface area (Å²) in [5, 5.41) is 28.1. The van der Waals surface area contributed by atoms with Crippen molar-refractivity contribution in [2.24, 2.45) is 0 Å². The fourth-order valence-electron chi connectivity index (χ4n) is 2.81. The first-order valence-electron chi connectivity index (χ1n) is 9.82. The number of nitrogens with one attached hydrogen (secondary N) is 2. The Morgan fingerprint density at radius 2 is 1.38 bits per heavy atom. The number of nitro groups is 2. The van der Waals surface area contributed by atoms with Crippen molar-refractivity contribution in [1.82, 2.24) is 0 Å². The molecule has 1 unspecified atom stereocenters. The number of nitrogens with zero attached hydrogens (tertiary/aromatic N) is 2. The Morgan fingerprint density at radius 1 is 0.938 bits per heavy atom. The van der Waals surface area contributed by atoms with Crippen LogP contribution >= 0.6 is 7.60 Å². The molecule has 0 aliphatic rings. The van der Waals surface area contributed by atoms with Crippen molar-refractivity contribution in [3.05, 3.63) is 80.3 Å². The highest BCUT2D eigenvalue weighted by atomic mass is 31.2. The number of hydrogen-bond donors (Lipinski definition) is 2. The van der Waals surface area contributed by atoms with Gasteiger partial charge in [0.1, 0.15) is 0 Å². The van der Waals surface area contributed by atoms with Gasteiger partial charge in [-0.3, -0.25) is 24.8 Å². The molecule has 11 nitrogen and oxygen atoms in total. The van der Waals surface area contributed by atoms with Crippen LogP contribution in [0.1, 0.15) is 20.8 Å². The van der Waals surface area contributed by atoms with Gasteiger partial charge in [0.25, 0.3) is 11.4 Å². The zero-order valence-electron chi connectivity index (χ0n) is 17.9. The number of benzene rings is 2. The highest BCUT2D eigenvalue weighted by molar-refractivity contribution is 7.58. The maximum Gasteiger partial charge on any atom is 0.360 e. The molecule has 172 valence electrons. The molecule has 0 aromatic heterocycles. The van der Waals surface area contributed by atoms with Crippen molar-refractivity contribution in [2.45, 2.75) is 26.8 Å². The zero-order chi connectivity index (χ0) is 23.7. The van der Waals surface area contributed by atoms with E-state index >= 15 is 0 Å². The molecule has 2 aromatic carbocycles. The second-order valence-electron chi connectivity index (χ2n) is 6.52. The van der Waals surface area contributed by atoms with E-state index in [2.05, 4.69) is 10.6 Å². The quantitative estimate of drug-likeness (QED) is 0.235. The van der Waals surface area contributed by atoms with E-state index in [1.807, 2.05) is 0 Å². The van der Waals surface area contributed by atoms with Crippen LogP contribution in [0.5, 0.6) is 0 Å². The monoisotopic (exact) mass is 464 g/mol. The van der Waals surface area contributed by atoms with Crippen molar-refractivity contribution < 1.29 is 23.5 Å². The summed E-state index contributed by atoms with van der Waals surface area (Å²) in [6.45, 7) is 5.44. The van der Waals surface area contributed by atoms with Gasteiger partial charge in [0.15, 0.2) is 0 Å². The van der Waals surface area contributed by atoms with E-state index < -0.39 is 23.5 Å². The van der Waals surface area contributed by atoms with Crippen LogP contribution in [0.15, 0.2) is 60.0 Å². The molecule has 0 amide bonds. The molecule has 0 radical (unpaired) electrons. The lowest BCUT2D eigenvalue weighted by Gasteiger charge is -2.26. The maximum atomic E-state index is 13.5. The Kier molecular flexibility index (Phi) is 8.89. The van der Waals surface area contributed by atoms with Crippen LogP contribution in [0, 0.1) is 20.2 Å². The van der Waals surface area contributed by atoms with Gasteiger partial charge in [-0.25, -0.2) is 0 Å². The molecular formula is C20H25N4O7P. The maximum absolute atomic E-state index is 13.5. The van der Waals surface area contributed by atoms with E-state index in [4.69, 9.17) is 9.05 Å². The molecule has 2 N–H and O–H groups in total. The third-order valence-corrected chi connectivity index (χ3v) is 6.63. The van der Waals surface area contributed by atoms with E-state index in [-0.39, 0.29) is 29.9 Å². The molecule has 0 fully saturated rings. The van der Waals surface area contributed by atoms with E-state index in [0.29, 0.717) is 11.4 Å². The lowest BCUT2D eigenvalue weighted by Crippen LogP contribution is -2.21. The number of non-ortho nitro benzene ring substituents is 2. The SMILES string of the molecule is CCOP(=O)(OCC)/C(=C/Nc1ccc([N+](=O)[O-])cc1)C(C)Nc1ccc([N+](=O)[O-])cc1. The fraction of sp³-hybridized carbons (Fsp3) is 0.300. The fourth-order valence-corrected chi connectivity index (χ4v) is 4.62. The molecule has 2 rings (SSSR count). The Labute approximate surface area is 185 Å². The predicted molar refractivity (Wildman–Crippen MR) is 122 cm³/mol. The van der Waals surface area contributed by atoms with Crippen LogP contribution in [0.2, 0.25) is 0 Å². The second-order valence-corrected chi connectivity index (χ2v) is 8.55. The molecule has 0 bridgehead atoms. The molecule has 0 aliphatic carbocycles. The van der Waals surface area contributed by atoms with E-state index in [1.54, 1.807) is 32.9 Å². The van der Waals surface area contributed by atoms with Crippen LogP contribution in [-0.2, 0) is 13.6 Å². The largest absolute Gasteiger partial charge is 0.378 e. The molecule has 0 heterocycles. The van der Waals surface area contributed by atoms with Gasteiger partial charge < -0.3 is 19.7 Å². The van der Waals surface area contributed by atoms with Crippen molar-refractivity contribution in [2.75, 3.05) is 23.8 Å². The summed E-state index contributed by atoms with van der Waals surface area (Å²) < 4.78 is 24.5. The van der Waals surface area contributed by atoms with Crippen LogP contribution in [-0.4, -0.2) is 29.1 Å². The first-order chi connectivity index (χ1) is 15.2. The summed E-state index contributed by atoms with van der Waals surface area (Å²) in [7, 11) is -3.69. The highest BCUT2D eigenvalue weighted by Crippen LogP contribution is 2.57. The molecule has 0 saturated carbocycles. The normalized spacial score (nSPS) is 12.8. The van der Waals surface area contributed by atoms with Crippen LogP contribution in [0.3, 0.4) is 0 Å². The molecule has 2 aromatic rings. The summed E-state index contributed by atoms with van der Waals surface area (Å²) in [5.41, 5.74) is 1.01. The highest BCUT2D eigenvalue weighted by Gasteiger charge is 2.33. The number of hydrogen-bond acceptors (Lipinski definition) is 9. The number of rotatable bonds is 12. The first kappa shape index (κ1) is 25.0. The summed E-state index contributed by atoms with van der Waals surface area (Å²) in [4.78, 5) is 20.7. The molecular weight excluding hydrogens is 439 g/mol. The van der Waals surface area contributed by atoms with Gasteiger partial charge in [0, 0.05) is 41.8 Å². The van der Waals surface area contributed by atoms with Gasteiger partial charge in [-0.2, -0.15) is 0 Å². The van der Waals surface area contributed by atoms with Crippen LogP contribution in [0.4, 0.5) is 22.7 Å². The van der Waals surface area contributed by atoms with Gasteiger partial charge in [0.05, 0.1) is 34.4 Å². The lowest BCUT2D eigenvalue weighted by atomic mass is 10.2. The van der Waals surface area contributed by atoms with Gasteiger partial charge in [-0.1, -0.05) is 0 Å². The van der Waals surface area contributed by atoms with E-state index in [1.165, 1.54) is 42.6 Å². The molecule has 12 heteroatoms. The third kappa shape index (κ3) is 6.61. The van der Waals surface area contributed by atoms with E-state index in [0.717, 1.165) is 0 Å². The third-order valence-electron chi connectivity index (χ3n) is 4.28. The van der Waals surface area contributed by atoms with Crippen molar-refractivity contribution in [3.63, 3.8) is 0 Å². The lowest BCUT2D eigenvalue weighted by molar-refractivity contribution is -0.385. The molecule has 0 aliphatic heterocycles. The average Bonchev–Trinajstić information content (AvgIpc) is 2.75. The minimum Gasteiger partial charge on any atom is -0.378 e. The Morgan fingerprint density at radius 3 is 1.78 bits per heavy atom. The van der Waals surface area contributed by atoms with Gasteiger partial charge in [-0.15, -0.1) is 0 Å².